The fraction of sp³-hybridized carbons (Fsp3) is 0.500. The summed E-state index contributed by atoms with van der Waals surface area (Å²) >= 11 is 10.4. The van der Waals surface area contributed by atoms with Crippen LogP contribution in [-0.2, 0) is 9.53 Å². The van der Waals surface area contributed by atoms with Crippen LogP contribution in [0.3, 0.4) is 0 Å². The first kappa shape index (κ1) is 9.79. The molecule has 0 unspecified atom stereocenters. The summed E-state index contributed by atoms with van der Waals surface area (Å²) in [6.07, 6.45) is -0.169. The molecule has 0 atom stereocenters. The highest BCUT2D eigenvalue weighted by atomic mass is 35.5. The Hall–Kier alpha value is -0.210. The van der Waals surface area contributed by atoms with Crippen LogP contribution in [0.2, 0.25) is 0 Å². The molecule has 4 heteroatoms. The molecule has 0 aliphatic rings. The SMILES string of the molecule is CC(C)OC(=O)/C(Cl)=C/Cl. The van der Waals surface area contributed by atoms with Gasteiger partial charge < -0.3 is 4.74 Å². The molecule has 0 radical (unpaired) electrons. The third kappa shape index (κ3) is 3.75. The molecule has 0 aromatic carbocycles. The molecule has 0 fully saturated rings. The van der Waals surface area contributed by atoms with E-state index < -0.39 is 5.97 Å². The summed E-state index contributed by atoms with van der Waals surface area (Å²) in [4.78, 5) is 10.7. The van der Waals surface area contributed by atoms with Crippen LogP contribution in [0.25, 0.3) is 0 Å². The zero-order chi connectivity index (χ0) is 8.15. The summed E-state index contributed by atoms with van der Waals surface area (Å²) in [6, 6.07) is 0. The number of ether oxygens (including phenoxy) is 1. The Bertz CT molecular complexity index is 152. The molecule has 0 amide bonds. The van der Waals surface area contributed by atoms with Crippen molar-refractivity contribution in [2.75, 3.05) is 0 Å². The van der Waals surface area contributed by atoms with Crippen LogP contribution in [-0.4, -0.2) is 12.1 Å². The molecule has 0 N–H and O–H groups in total. The number of rotatable bonds is 2. The minimum Gasteiger partial charge on any atom is -0.459 e. The van der Waals surface area contributed by atoms with Crippen LogP contribution in [0.1, 0.15) is 13.8 Å². The summed E-state index contributed by atoms with van der Waals surface area (Å²) in [7, 11) is 0. The molecule has 0 rings (SSSR count). The third-order valence-corrected chi connectivity index (χ3v) is 1.23. The Morgan fingerprint density at radius 2 is 2.10 bits per heavy atom. The average molecular weight is 183 g/mol. The van der Waals surface area contributed by atoms with E-state index in [1.54, 1.807) is 13.8 Å². The number of esters is 1. The number of hydrogen-bond donors (Lipinski definition) is 0. The molecule has 0 aromatic rings. The standard InChI is InChI=1S/C6H8Cl2O2/c1-4(2)10-6(9)5(8)3-7/h3-4H,1-2H3/b5-3-. The normalized spacial score (nSPS) is 11.9. The van der Waals surface area contributed by atoms with E-state index in [0.29, 0.717) is 0 Å². The highest BCUT2D eigenvalue weighted by molar-refractivity contribution is 6.45. The van der Waals surface area contributed by atoms with Gasteiger partial charge in [-0.2, -0.15) is 0 Å². The van der Waals surface area contributed by atoms with Gasteiger partial charge in [-0.1, -0.05) is 23.2 Å². The van der Waals surface area contributed by atoms with Gasteiger partial charge in [0.15, 0.2) is 0 Å². The van der Waals surface area contributed by atoms with E-state index in [9.17, 15) is 4.79 Å². The minimum atomic E-state index is -0.591. The van der Waals surface area contributed by atoms with Crippen molar-refractivity contribution in [2.24, 2.45) is 0 Å². The van der Waals surface area contributed by atoms with Crippen molar-refractivity contribution in [1.82, 2.24) is 0 Å². The lowest BCUT2D eigenvalue weighted by molar-refractivity contribution is -0.141. The predicted molar refractivity (Wildman–Crippen MR) is 41.0 cm³/mol. The van der Waals surface area contributed by atoms with Crippen molar-refractivity contribution in [3.05, 3.63) is 10.6 Å². The van der Waals surface area contributed by atoms with Crippen molar-refractivity contribution in [2.45, 2.75) is 20.0 Å². The summed E-state index contributed by atoms with van der Waals surface area (Å²) < 4.78 is 4.68. The molecule has 0 saturated heterocycles. The molecule has 0 aliphatic heterocycles. The second kappa shape index (κ2) is 4.58. The maximum Gasteiger partial charge on any atom is 0.350 e. The van der Waals surface area contributed by atoms with Crippen molar-refractivity contribution in [3.63, 3.8) is 0 Å². The van der Waals surface area contributed by atoms with E-state index in [0.717, 1.165) is 5.54 Å². The zero-order valence-corrected chi connectivity index (χ0v) is 7.24. The van der Waals surface area contributed by atoms with Crippen molar-refractivity contribution < 1.29 is 9.53 Å². The van der Waals surface area contributed by atoms with Crippen molar-refractivity contribution >= 4 is 29.2 Å². The van der Waals surface area contributed by atoms with Crippen molar-refractivity contribution in [3.8, 4) is 0 Å². The van der Waals surface area contributed by atoms with E-state index in [4.69, 9.17) is 23.2 Å². The summed E-state index contributed by atoms with van der Waals surface area (Å²) in [6.45, 7) is 3.46. The summed E-state index contributed by atoms with van der Waals surface area (Å²) in [5.74, 6) is -0.591. The molecule has 0 spiro atoms. The number of halogens is 2. The molecule has 0 saturated carbocycles. The van der Waals surface area contributed by atoms with Crippen LogP contribution in [0.4, 0.5) is 0 Å². The first-order valence-corrected chi connectivity index (χ1v) is 3.56. The summed E-state index contributed by atoms with van der Waals surface area (Å²) in [5, 5.41) is -0.102. The Labute approximate surface area is 69.8 Å². The van der Waals surface area contributed by atoms with E-state index >= 15 is 0 Å². The lowest BCUT2D eigenvalue weighted by atomic mass is 10.5. The van der Waals surface area contributed by atoms with Crippen LogP contribution in [0, 0.1) is 0 Å². The topological polar surface area (TPSA) is 26.3 Å². The molecule has 0 aromatic heterocycles. The van der Waals surface area contributed by atoms with Crippen molar-refractivity contribution in [1.29, 1.82) is 0 Å². The van der Waals surface area contributed by atoms with E-state index in [2.05, 4.69) is 4.74 Å². The first-order chi connectivity index (χ1) is 4.57. The number of hydrogen-bond acceptors (Lipinski definition) is 2. The molecule has 10 heavy (non-hydrogen) atoms. The fourth-order valence-corrected chi connectivity index (χ4v) is 0.449. The molecule has 0 aliphatic carbocycles. The molecule has 0 bridgehead atoms. The zero-order valence-electron chi connectivity index (χ0n) is 5.73. The highest BCUT2D eigenvalue weighted by Crippen LogP contribution is 2.06. The van der Waals surface area contributed by atoms with Gasteiger partial charge in [0.2, 0.25) is 0 Å². The van der Waals surface area contributed by atoms with Gasteiger partial charge in [0, 0.05) is 5.54 Å². The van der Waals surface area contributed by atoms with E-state index in [-0.39, 0.29) is 11.1 Å². The van der Waals surface area contributed by atoms with Gasteiger partial charge in [-0.05, 0) is 13.8 Å². The number of carbonyl (C=O) groups is 1. The lowest BCUT2D eigenvalue weighted by Gasteiger charge is -2.05. The fourth-order valence-electron chi connectivity index (χ4n) is 0.315. The van der Waals surface area contributed by atoms with Gasteiger partial charge in [-0.3, -0.25) is 0 Å². The number of carbonyl (C=O) groups excluding carboxylic acids is 1. The summed E-state index contributed by atoms with van der Waals surface area (Å²) in [5.41, 5.74) is 0.978. The van der Waals surface area contributed by atoms with Gasteiger partial charge in [-0.25, -0.2) is 4.79 Å². The van der Waals surface area contributed by atoms with Crippen LogP contribution >= 0.6 is 23.2 Å². The lowest BCUT2D eigenvalue weighted by Crippen LogP contribution is -2.10. The second-order valence-electron chi connectivity index (χ2n) is 1.91. The van der Waals surface area contributed by atoms with E-state index in [1.165, 1.54) is 0 Å². The Morgan fingerprint density at radius 1 is 1.60 bits per heavy atom. The maximum absolute atomic E-state index is 10.7. The van der Waals surface area contributed by atoms with Gasteiger partial charge in [0.1, 0.15) is 5.03 Å². The smallest absolute Gasteiger partial charge is 0.350 e. The maximum atomic E-state index is 10.7. The third-order valence-electron chi connectivity index (χ3n) is 0.634. The van der Waals surface area contributed by atoms with Gasteiger partial charge in [0.05, 0.1) is 6.10 Å². The highest BCUT2D eigenvalue weighted by Gasteiger charge is 2.08. The van der Waals surface area contributed by atoms with Gasteiger partial charge >= 0.3 is 5.97 Å². The monoisotopic (exact) mass is 182 g/mol. The Morgan fingerprint density at radius 3 is 2.40 bits per heavy atom. The van der Waals surface area contributed by atoms with Crippen LogP contribution in [0.15, 0.2) is 10.6 Å². The molecule has 0 heterocycles. The molecular weight excluding hydrogens is 175 g/mol. The Balaban J connectivity index is 3.86. The predicted octanol–water partition coefficient (Wildman–Crippen LogP) is 2.26. The van der Waals surface area contributed by atoms with Crippen LogP contribution < -0.4 is 0 Å². The molecule has 58 valence electrons. The Kier molecular flexibility index (Phi) is 4.49. The van der Waals surface area contributed by atoms with Crippen LogP contribution in [0.5, 0.6) is 0 Å². The average Bonchev–Trinajstić information content (AvgIpc) is 1.85. The minimum absolute atomic E-state index is 0.102. The van der Waals surface area contributed by atoms with Gasteiger partial charge in [0.25, 0.3) is 0 Å². The quantitative estimate of drug-likeness (QED) is 0.484. The molecular formula is C6H8Cl2O2. The first-order valence-electron chi connectivity index (χ1n) is 2.74. The largest absolute Gasteiger partial charge is 0.459 e. The van der Waals surface area contributed by atoms with E-state index in [1.807, 2.05) is 0 Å². The second-order valence-corrected chi connectivity index (χ2v) is 2.54. The molecule has 2 nitrogen and oxygen atoms in total. The van der Waals surface area contributed by atoms with Gasteiger partial charge in [-0.15, -0.1) is 0 Å².